The molecule has 32 heavy (non-hydrogen) atoms. The van der Waals surface area contributed by atoms with Crippen molar-refractivity contribution in [1.82, 2.24) is 9.88 Å². The predicted octanol–water partition coefficient (Wildman–Crippen LogP) is 4.68. The molecule has 0 atom stereocenters. The van der Waals surface area contributed by atoms with Crippen LogP contribution in [0.15, 0.2) is 54.1 Å². The molecule has 0 aliphatic carbocycles. The van der Waals surface area contributed by atoms with E-state index in [0.29, 0.717) is 5.69 Å². The summed E-state index contributed by atoms with van der Waals surface area (Å²) in [7, 11) is 0. The molecule has 1 aliphatic heterocycles. The Morgan fingerprint density at radius 1 is 0.906 bits per heavy atom. The van der Waals surface area contributed by atoms with Crippen LogP contribution in [0.4, 0.5) is 10.1 Å². The smallest absolute Gasteiger partial charge is 0.270 e. The maximum Gasteiger partial charge on any atom is 0.270 e. The Balaban J connectivity index is 1.76. The Hall–Kier alpha value is -3.58. The van der Waals surface area contributed by atoms with Crippen molar-refractivity contribution < 1.29 is 14.0 Å². The van der Waals surface area contributed by atoms with E-state index in [1.807, 2.05) is 56.5 Å². The Morgan fingerprint density at radius 3 is 2.22 bits per heavy atom. The molecule has 7 heteroatoms. The van der Waals surface area contributed by atoms with E-state index < -0.39 is 11.8 Å². The predicted molar refractivity (Wildman–Crippen MR) is 127 cm³/mol. The van der Waals surface area contributed by atoms with Gasteiger partial charge in [0.05, 0.1) is 5.69 Å². The highest BCUT2D eigenvalue weighted by atomic mass is 32.1. The van der Waals surface area contributed by atoms with E-state index >= 15 is 0 Å². The van der Waals surface area contributed by atoms with Crippen LogP contribution in [0.3, 0.4) is 0 Å². The summed E-state index contributed by atoms with van der Waals surface area (Å²) in [5.41, 5.74) is 5.95. The maximum absolute atomic E-state index is 13.3. The SMILES string of the molecule is Cc1ccc(N2C(=O)C(=Cc3cc(C)n(-c4ccc(F)cc4)c3C)C(=O)NC2=S)cc1C. The molecular weight excluding hydrogens is 425 g/mol. The number of hydrogen-bond donors (Lipinski definition) is 1. The molecule has 2 amide bonds. The van der Waals surface area contributed by atoms with Gasteiger partial charge in [0.25, 0.3) is 11.8 Å². The minimum Gasteiger partial charge on any atom is -0.318 e. The minimum absolute atomic E-state index is 0.00353. The monoisotopic (exact) mass is 447 g/mol. The fourth-order valence-electron chi connectivity index (χ4n) is 3.83. The molecule has 0 bridgehead atoms. The molecule has 1 saturated heterocycles. The number of carbonyl (C=O) groups excluding carboxylic acids is 2. The van der Waals surface area contributed by atoms with Gasteiger partial charge in [-0.3, -0.25) is 19.8 Å². The average Bonchev–Trinajstić information content (AvgIpc) is 3.01. The Labute approximate surface area is 191 Å². The average molecular weight is 448 g/mol. The lowest BCUT2D eigenvalue weighted by molar-refractivity contribution is -0.122. The van der Waals surface area contributed by atoms with Gasteiger partial charge in [-0.15, -0.1) is 0 Å². The van der Waals surface area contributed by atoms with Gasteiger partial charge >= 0.3 is 0 Å². The second kappa shape index (κ2) is 8.16. The number of carbonyl (C=O) groups is 2. The molecule has 1 aromatic heterocycles. The molecule has 1 aliphatic rings. The van der Waals surface area contributed by atoms with Crippen molar-refractivity contribution >= 4 is 40.9 Å². The van der Waals surface area contributed by atoms with E-state index in [1.54, 1.807) is 18.2 Å². The lowest BCUT2D eigenvalue weighted by Crippen LogP contribution is -2.54. The molecule has 2 heterocycles. The van der Waals surface area contributed by atoms with Crippen molar-refractivity contribution in [3.8, 4) is 5.69 Å². The van der Waals surface area contributed by atoms with Gasteiger partial charge in [0.15, 0.2) is 5.11 Å². The van der Waals surface area contributed by atoms with Gasteiger partial charge in [0, 0.05) is 17.1 Å². The Kier molecular flexibility index (Phi) is 5.52. The van der Waals surface area contributed by atoms with Gasteiger partial charge in [-0.2, -0.15) is 0 Å². The van der Waals surface area contributed by atoms with Gasteiger partial charge in [-0.25, -0.2) is 4.39 Å². The third kappa shape index (κ3) is 3.76. The third-order valence-corrected chi connectivity index (χ3v) is 5.99. The molecule has 5 nitrogen and oxygen atoms in total. The molecule has 0 saturated carbocycles. The lowest BCUT2D eigenvalue weighted by Gasteiger charge is -2.29. The van der Waals surface area contributed by atoms with Gasteiger partial charge < -0.3 is 4.57 Å². The molecule has 4 rings (SSSR count). The maximum atomic E-state index is 13.3. The fraction of sp³-hybridized carbons (Fsp3) is 0.160. The summed E-state index contributed by atoms with van der Waals surface area (Å²) < 4.78 is 15.3. The van der Waals surface area contributed by atoms with Gasteiger partial charge in [0.2, 0.25) is 0 Å². The van der Waals surface area contributed by atoms with Crippen LogP contribution < -0.4 is 10.2 Å². The summed E-state index contributed by atoms with van der Waals surface area (Å²) in [6, 6.07) is 13.6. The zero-order chi connectivity index (χ0) is 23.2. The zero-order valence-electron chi connectivity index (χ0n) is 18.2. The van der Waals surface area contributed by atoms with E-state index in [9.17, 15) is 14.0 Å². The molecule has 1 fully saturated rings. The van der Waals surface area contributed by atoms with Crippen molar-refractivity contribution in [2.45, 2.75) is 27.7 Å². The molecular formula is C25H22FN3O2S. The number of nitrogens with one attached hydrogen (secondary N) is 1. The lowest BCUT2D eigenvalue weighted by atomic mass is 10.1. The summed E-state index contributed by atoms with van der Waals surface area (Å²) in [6.07, 6.45) is 1.58. The van der Waals surface area contributed by atoms with Gasteiger partial charge in [-0.05, 0) is 105 Å². The van der Waals surface area contributed by atoms with Crippen LogP contribution in [0.2, 0.25) is 0 Å². The van der Waals surface area contributed by atoms with Gasteiger partial charge in [0.1, 0.15) is 11.4 Å². The normalized spacial score (nSPS) is 15.5. The number of rotatable bonds is 3. The van der Waals surface area contributed by atoms with Crippen LogP contribution in [-0.4, -0.2) is 21.5 Å². The zero-order valence-corrected chi connectivity index (χ0v) is 19.0. The van der Waals surface area contributed by atoms with Crippen molar-refractivity contribution in [3.63, 3.8) is 0 Å². The third-order valence-electron chi connectivity index (χ3n) is 5.71. The molecule has 2 aromatic carbocycles. The first kappa shape index (κ1) is 21.6. The van der Waals surface area contributed by atoms with Crippen LogP contribution in [-0.2, 0) is 9.59 Å². The van der Waals surface area contributed by atoms with Crippen molar-refractivity contribution in [3.05, 3.63) is 88.0 Å². The summed E-state index contributed by atoms with van der Waals surface area (Å²) in [5.74, 6) is -1.33. The number of benzene rings is 2. The Morgan fingerprint density at radius 2 is 1.56 bits per heavy atom. The van der Waals surface area contributed by atoms with E-state index in [2.05, 4.69) is 5.32 Å². The highest BCUT2D eigenvalue weighted by molar-refractivity contribution is 7.80. The van der Waals surface area contributed by atoms with E-state index in [1.165, 1.54) is 17.0 Å². The van der Waals surface area contributed by atoms with Crippen LogP contribution in [0, 0.1) is 33.5 Å². The Bertz CT molecular complexity index is 1310. The van der Waals surface area contributed by atoms with E-state index in [4.69, 9.17) is 12.2 Å². The van der Waals surface area contributed by atoms with Gasteiger partial charge in [-0.1, -0.05) is 6.07 Å². The van der Waals surface area contributed by atoms with Crippen molar-refractivity contribution in [2.75, 3.05) is 4.90 Å². The standard InChI is InChI=1S/C25H22FN3O2S/c1-14-5-8-21(11-15(14)2)29-24(31)22(23(30)27-25(29)32)13-18-12-16(3)28(17(18)4)20-9-6-19(26)7-10-20/h5-13H,1-4H3,(H,27,30,32). The first-order valence-electron chi connectivity index (χ1n) is 10.1. The highest BCUT2D eigenvalue weighted by Crippen LogP contribution is 2.27. The van der Waals surface area contributed by atoms with E-state index in [0.717, 1.165) is 33.8 Å². The number of anilines is 1. The first-order valence-corrected chi connectivity index (χ1v) is 10.5. The summed E-state index contributed by atoms with van der Waals surface area (Å²) in [5, 5.41) is 2.68. The summed E-state index contributed by atoms with van der Waals surface area (Å²) >= 11 is 5.29. The number of aryl methyl sites for hydroxylation is 3. The topological polar surface area (TPSA) is 54.3 Å². The summed E-state index contributed by atoms with van der Waals surface area (Å²) in [4.78, 5) is 27.3. The van der Waals surface area contributed by atoms with Crippen LogP contribution >= 0.6 is 12.2 Å². The number of thiocarbonyl (C=S) groups is 1. The molecule has 162 valence electrons. The number of hydrogen-bond acceptors (Lipinski definition) is 3. The minimum atomic E-state index is -0.535. The second-order valence-corrected chi connectivity index (χ2v) is 8.25. The van der Waals surface area contributed by atoms with Crippen LogP contribution in [0.25, 0.3) is 11.8 Å². The number of halogens is 1. The van der Waals surface area contributed by atoms with E-state index in [-0.39, 0.29) is 16.5 Å². The second-order valence-electron chi connectivity index (χ2n) is 7.86. The molecule has 3 aromatic rings. The molecule has 0 spiro atoms. The molecule has 1 N–H and O–H groups in total. The quantitative estimate of drug-likeness (QED) is 0.360. The molecule has 0 unspecified atom stereocenters. The largest absolute Gasteiger partial charge is 0.318 e. The molecule has 0 radical (unpaired) electrons. The number of nitrogens with zero attached hydrogens (tertiary/aromatic N) is 2. The number of amides is 2. The van der Waals surface area contributed by atoms with Crippen LogP contribution in [0.1, 0.15) is 28.1 Å². The van der Waals surface area contributed by atoms with Crippen LogP contribution in [0.5, 0.6) is 0 Å². The fourth-order valence-corrected chi connectivity index (χ4v) is 4.11. The first-order chi connectivity index (χ1) is 15.2. The van der Waals surface area contributed by atoms with Crippen molar-refractivity contribution in [1.29, 1.82) is 0 Å². The van der Waals surface area contributed by atoms with Crippen molar-refractivity contribution in [2.24, 2.45) is 0 Å². The highest BCUT2D eigenvalue weighted by Gasteiger charge is 2.34. The number of aromatic nitrogens is 1. The summed E-state index contributed by atoms with van der Waals surface area (Å²) in [6.45, 7) is 7.74.